The van der Waals surface area contributed by atoms with Gasteiger partial charge in [0.1, 0.15) is 0 Å². The molecule has 1 aliphatic heterocycles. The molecule has 4 rings (SSSR count). The number of rotatable bonds is 4. The third kappa shape index (κ3) is 3.57. The minimum absolute atomic E-state index is 0.00902. The van der Waals surface area contributed by atoms with E-state index in [1.165, 1.54) is 0 Å². The van der Waals surface area contributed by atoms with Crippen LogP contribution in [-0.4, -0.2) is 28.6 Å². The van der Waals surface area contributed by atoms with Crippen LogP contribution in [-0.2, 0) is 4.79 Å². The molecule has 7 heteroatoms. The minimum Gasteiger partial charge on any atom is -0.407 e. The molecule has 1 saturated heterocycles. The van der Waals surface area contributed by atoms with E-state index in [-0.39, 0.29) is 23.7 Å². The summed E-state index contributed by atoms with van der Waals surface area (Å²) in [5.74, 6) is -0.159. The Morgan fingerprint density at radius 3 is 2.74 bits per heavy atom. The maximum absolute atomic E-state index is 12.3. The van der Waals surface area contributed by atoms with E-state index in [9.17, 15) is 9.59 Å². The van der Waals surface area contributed by atoms with E-state index >= 15 is 0 Å². The summed E-state index contributed by atoms with van der Waals surface area (Å²) in [6.07, 6.45) is 0.294. The molecule has 0 spiro atoms. The molecule has 7 nitrogen and oxygen atoms in total. The third-order valence-electron chi connectivity index (χ3n) is 4.48. The van der Waals surface area contributed by atoms with Gasteiger partial charge in [0, 0.05) is 24.2 Å². The van der Waals surface area contributed by atoms with Crippen molar-refractivity contribution in [2.45, 2.75) is 19.3 Å². The highest BCUT2D eigenvalue weighted by molar-refractivity contribution is 6.03. The number of anilines is 2. The van der Waals surface area contributed by atoms with Gasteiger partial charge in [-0.25, -0.2) is 0 Å². The standard InChI is InChI=1S/C20H18N4O3/c1-13-6-5-7-14(10-13)18(26)21-20-23-22-19(27-20)15-11-17(25)24(12-15)16-8-3-2-4-9-16/h2-10,15H,11-12H2,1H3,(H,21,23,26)/t15-/m1/s1. The lowest BCUT2D eigenvalue weighted by Gasteiger charge is -2.15. The molecule has 1 atom stereocenters. The van der Waals surface area contributed by atoms with Crippen LogP contribution in [0.1, 0.15) is 34.2 Å². The lowest BCUT2D eigenvalue weighted by molar-refractivity contribution is -0.117. The second kappa shape index (κ2) is 7.03. The van der Waals surface area contributed by atoms with Crippen molar-refractivity contribution >= 4 is 23.5 Å². The van der Waals surface area contributed by atoms with Gasteiger partial charge in [-0.05, 0) is 31.2 Å². The van der Waals surface area contributed by atoms with Gasteiger partial charge in [0.05, 0.1) is 5.92 Å². The van der Waals surface area contributed by atoms with Crippen molar-refractivity contribution in [1.82, 2.24) is 10.2 Å². The molecule has 136 valence electrons. The number of para-hydroxylation sites is 1. The van der Waals surface area contributed by atoms with Gasteiger partial charge < -0.3 is 9.32 Å². The zero-order chi connectivity index (χ0) is 18.8. The lowest BCUT2D eigenvalue weighted by atomic mass is 10.1. The summed E-state index contributed by atoms with van der Waals surface area (Å²) in [5, 5.41) is 10.5. The van der Waals surface area contributed by atoms with Gasteiger partial charge >= 0.3 is 6.01 Å². The summed E-state index contributed by atoms with van der Waals surface area (Å²) in [6.45, 7) is 2.38. The maximum atomic E-state index is 12.3. The summed E-state index contributed by atoms with van der Waals surface area (Å²) >= 11 is 0. The predicted molar refractivity (Wildman–Crippen MR) is 99.6 cm³/mol. The second-order valence-electron chi connectivity index (χ2n) is 6.51. The fraction of sp³-hybridized carbons (Fsp3) is 0.200. The molecule has 0 aliphatic carbocycles. The van der Waals surface area contributed by atoms with Crippen molar-refractivity contribution in [2.24, 2.45) is 0 Å². The molecule has 3 aromatic rings. The smallest absolute Gasteiger partial charge is 0.322 e. The first-order chi connectivity index (χ1) is 13.1. The summed E-state index contributed by atoms with van der Waals surface area (Å²) in [4.78, 5) is 26.3. The fourth-order valence-corrected chi connectivity index (χ4v) is 3.14. The van der Waals surface area contributed by atoms with E-state index in [4.69, 9.17) is 4.42 Å². The Balaban J connectivity index is 1.45. The summed E-state index contributed by atoms with van der Waals surface area (Å²) < 4.78 is 5.59. The summed E-state index contributed by atoms with van der Waals surface area (Å²) in [7, 11) is 0. The molecule has 1 N–H and O–H groups in total. The van der Waals surface area contributed by atoms with Gasteiger partial charge in [-0.3, -0.25) is 14.9 Å². The Morgan fingerprint density at radius 2 is 1.96 bits per heavy atom. The molecule has 0 saturated carbocycles. The van der Waals surface area contributed by atoms with E-state index in [2.05, 4.69) is 15.5 Å². The molecule has 1 fully saturated rings. The van der Waals surface area contributed by atoms with Crippen molar-refractivity contribution in [3.05, 3.63) is 71.6 Å². The van der Waals surface area contributed by atoms with Crippen molar-refractivity contribution in [3.8, 4) is 0 Å². The van der Waals surface area contributed by atoms with Gasteiger partial charge in [0.15, 0.2) is 0 Å². The van der Waals surface area contributed by atoms with Crippen LogP contribution in [0, 0.1) is 6.92 Å². The molecule has 0 unspecified atom stereocenters. The molecular formula is C20H18N4O3. The van der Waals surface area contributed by atoms with Gasteiger partial charge in [-0.1, -0.05) is 41.0 Å². The Kier molecular flexibility index (Phi) is 4.42. The molecule has 2 aromatic carbocycles. The lowest BCUT2D eigenvalue weighted by Crippen LogP contribution is -2.24. The Morgan fingerprint density at radius 1 is 1.15 bits per heavy atom. The maximum Gasteiger partial charge on any atom is 0.322 e. The van der Waals surface area contributed by atoms with Crippen molar-refractivity contribution < 1.29 is 14.0 Å². The van der Waals surface area contributed by atoms with Crippen molar-refractivity contribution in [1.29, 1.82) is 0 Å². The number of hydrogen-bond acceptors (Lipinski definition) is 5. The van der Waals surface area contributed by atoms with Gasteiger partial charge in [0.25, 0.3) is 5.91 Å². The number of benzene rings is 2. The van der Waals surface area contributed by atoms with Crippen LogP contribution in [0.3, 0.4) is 0 Å². The summed E-state index contributed by atoms with van der Waals surface area (Å²) in [6, 6.07) is 16.7. The second-order valence-corrected chi connectivity index (χ2v) is 6.51. The van der Waals surface area contributed by atoms with E-state index in [1.807, 2.05) is 49.4 Å². The van der Waals surface area contributed by atoms with Crippen molar-refractivity contribution in [3.63, 3.8) is 0 Å². The van der Waals surface area contributed by atoms with E-state index in [0.717, 1.165) is 11.3 Å². The fourth-order valence-electron chi connectivity index (χ4n) is 3.14. The largest absolute Gasteiger partial charge is 0.407 e. The molecular weight excluding hydrogens is 344 g/mol. The topological polar surface area (TPSA) is 88.3 Å². The highest BCUT2D eigenvalue weighted by Gasteiger charge is 2.35. The van der Waals surface area contributed by atoms with Crippen LogP contribution >= 0.6 is 0 Å². The van der Waals surface area contributed by atoms with Crippen LogP contribution in [0.5, 0.6) is 0 Å². The van der Waals surface area contributed by atoms with Crippen LogP contribution < -0.4 is 10.2 Å². The average molecular weight is 362 g/mol. The van der Waals surface area contributed by atoms with E-state index in [1.54, 1.807) is 17.0 Å². The summed E-state index contributed by atoms with van der Waals surface area (Å²) in [5.41, 5.74) is 2.35. The Hall–Kier alpha value is -3.48. The number of carbonyl (C=O) groups is 2. The minimum atomic E-state index is -0.317. The molecule has 27 heavy (non-hydrogen) atoms. The quantitative estimate of drug-likeness (QED) is 0.770. The monoisotopic (exact) mass is 362 g/mol. The number of nitrogens with one attached hydrogen (secondary N) is 1. The highest BCUT2D eigenvalue weighted by Crippen LogP contribution is 2.31. The molecule has 2 heterocycles. The zero-order valence-electron chi connectivity index (χ0n) is 14.8. The highest BCUT2D eigenvalue weighted by atomic mass is 16.4. The first-order valence-electron chi connectivity index (χ1n) is 8.67. The number of nitrogens with zero attached hydrogens (tertiary/aromatic N) is 3. The third-order valence-corrected chi connectivity index (χ3v) is 4.48. The number of aryl methyl sites for hydroxylation is 1. The average Bonchev–Trinajstić information content (AvgIpc) is 3.29. The van der Waals surface area contributed by atoms with Crippen molar-refractivity contribution in [2.75, 3.05) is 16.8 Å². The number of carbonyl (C=O) groups excluding carboxylic acids is 2. The SMILES string of the molecule is Cc1cccc(C(=O)Nc2nnc([C@@H]3CC(=O)N(c4ccccc4)C3)o2)c1. The van der Waals surface area contributed by atoms with Gasteiger partial charge in [-0.15, -0.1) is 5.10 Å². The molecule has 2 amide bonds. The van der Waals surface area contributed by atoms with Crippen LogP contribution in [0.25, 0.3) is 0 Å². The normalized spacial score (nSPS) is 16.6. The van der Waals surface area contributed by atoms with Crippen LogP contribution in [0.2, 0.25) is 0 Å². The molecule has 0 bridgehead atoms. The van der Waals surface area contributed by atoms with Gasteiger partial charge in [0.2, 0.25) is 11.8 Å². The van der Waals surface area contributed by atoms with E-state index in [0.29, 0.717) is 24.4 Å². The first kappa shape index (κ1) is 17.0. The Labute approximate surface area is 156 Å². The Bertz CT molecular complexity index is 984. The molecule has 1 aliphatic rings. The number of hydrogen-bond donors (Lipinski definition) is 1. The molecule has 0 radical (unpaired) electrons. The number of amides is 2. The van der Waals surface area contributed by atoms with E-state index < -0.39 is 0 Å². The number of aromatic nitrogens is 2. The first-order valence-corrected chi connectivity index (χ1v) is 8.67. The molecule has 1 aromatic heterocycles. The zero-order valence-corrected chi connectivity index (χ0v) is 14.8. The predicted octanol–water partition coefficient (Wildman–Crippen LogP) is 3.15. The van der Waals surface area contributed by atoms with Crippen LogP contribution in [0.4, 0.5) is 11.7 Å². The van der Waals surface area contributed by atoms with Gasteiger partial charge in [-0.2, -0.15) is 0 Å². The van der Waals surface area contributed by atoms with Crippen LogP contribution in [0.15, 0.2) is 59.0 Å².